The topological polar surface area (TPSA) is 105 Å². The molecule has 6 atom stereocenters. The third-order valence-electron chi connectivity index (χ3n) is 7.64. The summed E-state index contributed by atoms with van der Waals surface area (Å²) in [6, 6.07) is 8.71. The third kappa shape index (κ3) is 5.59. The summed E-state index contributed by atoms with van der Waals surface area (Å²) in [5, 5.41) is 3.24. The first kappa shape index (κ1) is 25.6. The second-order valence-corrected chi connectivity index (χ2v) is 14.9. The molecule has 2 bridgehead atoms. The van der Waals surface area contributed by atoms with Crippen molar-refractivity contribution in [2.45, 2.75) is 81.9 Å². The van der Waals surface area contributed by atoms with Crippen molar-refractivity contribution in [2.75, 3.05) is 11.5 Å². The van der Waals surface area contributed by atoms with Gasteiger partial charge in [-0.2, -0.15) is 4.99 Å². The molecule has 4 aliphatic rings. The number of benzene rings is 1. The molecule has 2 heterocycles. The molecule has 5 rings (SSSR count). The average Bonchev–Trinajstić information content (AvgIpc) is 3.52. The van der Waals surface area contributed by atoms with E-state index in [-0.39, 0.29) is 35.3 Å². The summed E-state index contributed by atoms with van der Waals surface area (Å²) in [6.07, 6.45) is 4.22. The molecule has 2 amide bonds. The molecule has 10 heteroatoms. The maximum absolute atomic E-state index is 13.6. The molecule has 36 heavy (non-hydrogen) atoms. The Morgan fingerprint density at radius 3 is 2.53 bits per heavy atom. The number of sulfone groups is 1. The van der Waals surface area contributed by atoms with Crippen LogP contribution in [0.4, 0.5) is 4.79 Å². The zero-order valence-corrected chi connectivity index (χ0v) is 22.7. The van der Waals surface area contributed by atoms with Gasteiger partial charge in [-0.25, -0.2) is 13.2 Å². The molecule has 1 N–H and O–H groups in total. The van der Waals surface area contributed by atoms with Crippen LogP contribution < -0.4 is 5.32 Å². The van der Waals surface area contributed by atoms with Gasteiger partial charge in [0.25, 0.3) is 5.91 Å². The number of hydrogen-bond acceptors (Lipinski definition) is 6. The molecule has 0 radical (unpaired) electrons. The highest BCUT2D eigenvalue weighted by Crippen LogP contribution is 2.51. The monoisotopic (exact) mass is 533 g/mol. The van der Waals surface area contributed by atoms with Crippen LogP contribution in [0.3, 0.4) is 0 Å². The number of nitrogens with one attached hydrogen (secondary N) is 1. The largest absolute Gasteiger partial charge is 0.444 e. The number of amides is 2. The highest BCUT2D eigenvalue weighted by atomic mass is 32.2. The Bertz CT molecular complexity index is 1150. The molecular weight excluding hydrogens is 498 g/mol. The number of ether oxygens (including phenoxy) is 1. The molecule has 0 aromatic heterocycles. The zero-order chi connectivity index (χ0) is 25.7. The maximum atomic E-state index is 13.6. The predicted octanol–water partition coefficient (Wildman–Crippen LogP) is 3.41. The molecule has 4 fully saturated rings. The molecule has 2 saturated heterocycles. The molecule has 196 valence electrons. The van der Waals surface area contributed by atoms with Crippen molar-refractivity contribution in [2.24, 2.45) is 16.8 Å². The van der Waals surface area contributed by atoms with Crippen LogP contribution in [0, 0.1) is 11.8 Å². The standard InChI is InChI=1S/C26H35N3O5S2/c1-26(2,3)34-25(31)27-19(12-16-7-5-4-6-8-16)23(30)28-24-29(20-13-17-9-10-18(20)11-17)21-14-36(32,33)15-22(21)35-24/h4-8,17-22H,9-15H2,1-3H3,(H,27,31)/t17-,18-,19+,20-,21-,22+/m0/s1. The van der Waals surface area contributed by atoms with Gasteiger partial charge in [0, 0.05) is 17.7 Å². The fourth-order valence-corrected chi connectivity index (χ4v) is 10.2. The molecule has 1 aromatic rings. The minimum Gasteiger partial charge on any atom is -0.444 e. The number of amidine groups is 1. The molecule has 8 nitrogen and oxygen atoms in total. The van der Waals surface area contributed by atoms with Crippen LogP contribution in [-0.4, -0.2) is 71.0 Å². The van der Waals surface area contributed by atoms with Crippen LogP contribution in [0.25, 0.3) is 0 Å². The van der Waals surface area contributed by atoms with Gasteiger partial charge >= 0.3 is 6.09 Å². The van der Waals surface area contributed by atoms with Gasteiger partial charge in [0.15, 0.2) is 15.0 Å². The summed E-state index contributed by atoms with van der Waals surface area (Å²) < 4.78 is 30.3. The minimum atomic E-state index is -3.10. The van der Waals surface area contributed by atoms with E-state index in [9.17, 15) is 18.0 Å². The molecule has 1 aromatic carbocycles. The quantitative estimate of drug-likeness (QED) is 0.618. The molecular formula is C26H35N3O5S2. The van der Waals surface area contributed by atoms with E-state index in [2.05, 4.69) is 15.2 Å². The fourth-order valence-electron chi connectivity index (χ4n) is 6.20. The van der Waals surface area contributed by atoms with Gasteiger partial charge in [0.1, 0.15) is 11.6 Å². The number of thioether (sulfide) groups is 1. The first-order chi connectivity index (χ1) is 17.0. The van der Waals surface area contributed by atoms with Crippen LogP contribution in [-0.2, 0) is 25.8 Å². The molecule has 0 unspecified atom stereocenters. The van der Waals surface area contributed by atoms with Gasteiger partial charge in [0.2, 0.25) is 0 Å². The second kappa shape index (κ2) is 9.67. The van der Waals surface area contributed by atoms with E-state index in [0.29, 0.717) is 17.0 Å². The Hall–Kier alpha value is -2.07. The van der Waals surface area contributed by atoms with Crippen molar-refractivity contribution in [3.05, 3.63) is 35.9 Å². The lowest BCUT2D eigenvalue weighted by Gasteiger charge is -2.36. The van der Waals surface area contributed by atoms with Gasteiger partial charge in [-0.05, 0) is 57.4 Å². The minimum absolute atomic E-state index is 0.105. The van der Waals surface area contributed by atoms with E-state index in [0.717, 1.165) is 18.4 Å². The highest BCUT2D eigenvalue weighted by Gasteiger charge is 2.54. The summed E-state index contributed by atoms with van der Waals surface area (Å²) in [7, 11) is -3.10. The van der Waals surface area contributed by atoms with Crippen LogP contribution in [0.5, 0.6) is 0 Å². The van der Waals surface area contributed by atoms with Crippen molar-refractivity contribution >= 4 is 38.8 Å². The summed E-state index contributed by atoms with van der Waals surface area (Å²) in [5.41, 5.74) is 0.207. The van der Waals surface area contributed by atoms with E-state index in [4.69, 9.17) is 4.74 Å². The third-order valence-corrected chi connectivity index (χ3v) is 10.9. The number of rotatable bonds is 5. The van der Waals surface area contributed by atoms with E-state index in [1.807, 2.05) is 30.3 Å². The summed E-state index contributed by atoms with van der Waals surface area (Å²) in [6.45, 7) is 5.32. The van der Waals surface area contributed by atoms with Crippen molar-refractivity contribution in [3.8, 4) is 0 Å². The Balaban J connectivity index is 1.41. The Labute approximate surface area is 217 Å². The molecule has 2 aliphatic carbocycles. The highest BCUT2D eigenvalue weighted by molar-refractivity contribution is 8.15. The zero-order valence-electron chi connectivity index (χ0n) is 21.1. The number of aliphatic imine (C=N–C) groups is 1. The van der Waals surface area contributed by atoms with Gasteiger partial charge < -0.3 is 15.0 Å². The average molecular weight is 534 g/mol. The first-order valence-electron chi connectivity index (χ1n) is 12.8. The lowest BCUT2D eigenvalue weighted by atomic mass is 9.93. The Morgan fingerprint density at radius 1 is 1.14 bits per heavy atom. The smallest absolute Gasteiger partial charge is 0.408 e. The first-order valence-corrected chi connectivity index (χ1v) is 15.5. The van der Waals surface area contributed by atoms with Crippen molar-refractivity contribution in [3.63, 3.8) is 0 Å². The number of hydrogen-bond donors (Lipinski definition) is 1. The summed E-state index contributed by atoms with van der Waals surface area (Å²) in [4.78, 5) is 32.9. The number of nitrogens with zero attached hydrogens (tertiary/aromatic N) is 2. The van der Waals surface area contributed by atoms with Crippen molar-refractivity contribution in [1.29, 1.82) is 0 Å². The van der Waals surface area contributed by atoms with Crippen molar-refractivity contribution in [1.82, 2.24) is 10.2 Å². The maximum Gasteiger partial charge on any atom is 0.408 e. The number of alkyl carbamates (subject to hydrolysis) is 1. The van der Waals surface area contributed by atoms with E-state index in [1.165, 1.54) is 24.6 Å². The Kier molecular flexibility index (Phi) is 6.87. The van der Waals surface area contributed by atoms with E-state index in [1.54, 1.807) is 20.8 Å². The van der Waals surface area contributed by atoms with Crippen LogP contribution in [0.2, 0.25) is 0 Å². The van der Waals surface area contributed by atoms with Gasteiger partial charge in [-0.1, -0.05) is 48.5 Å². The summed E-state index contributed by atoms with van der Waals surface area (Å²) >= 11 is 1.42. The van der Waals surface area contributed by atoms with Gasteiger partial charge in [-0.15, -0.1) is 0 Å². The molecule has 2 aliphatic heterocycles. The van der Waals surface area contributed by atoms with Crippen LogP contribution in [0.1, 0.15) is 52.0 Å². The van der Waals surface area contributed by atoms with Crippen LogP contribution in [0.15, 0.2) is 35.3 Å². The lowest BCUT2D eigenvalue weighted by molar-refractivity contribution is -0.119. The lowest BCUT2D eigenvalue weighted by Crippen LogP contribution is -2.48. The number of carbonyl (C=O) groups is 2. The number of fused-ring (bicyclic) bond motifs is 3. The number of carbonyl (C=O) groups excluding carboxylic acids is 2. The normalized spacial score (nSPS) is 32.5. The van der Waals surface area contributed by atoms with Crippen molar-refractivity contribution < 1.29 is 22.7 Å². The molecule has 0 spiro atoms. The van der Waals surface area contributed by atoms with Gasteiger partial charge in [0.05, 0.1) is 17.5 Å². The van der Waals surface area contributed by atoms with Gasteiger partial charge in [-0.3, -0.25) is 4.79 Å². The predicted molar refractivity (Wildman–Crippen MR) is 141 cm³/mol. The van der Waals surface area contributed by atoms with E-state index < -0.39 is 33.5 Å². The Morgan fingerprint density at radius 2 is 1.89 bits per heavy atom. The second-order valence-electron chi connectivity index (χ2n) is 11.6. The molecule has 2 saturated carbocycles. The fraction of sp³-hybridized carbons (Fsp3) is 0.654. The van der Waals surface area contributed by atoms with Crippen LogP contribution >= 0.6 is 11.8 Å². The SMILES string of the molecule is CC(C)(C)OC(=O)N[C@H](Cc1ccccc1)C(=O)N=C1S[C@@H]2CS(=O)(=O)C[C@@H]2N1[C@H]1C[C@H]2CC[C@H]1C2. The summed E-state index contributed by atoms with van der Waals surface area (Å²) in [5.74, 6) is 1.01. The van der Waals surface area contributed by atoms with E-state index >= 15 is 0 Å².